The highest BCUT2D eigenvalue weighted by atomic mass is 32.2. The smallest absolute Gasteiger partial charge is 0.251 e. The SMILES string of the molecule is COc1ccc(C(=O)NCc2n[nH]c(=S)n2C)cc1S(=O)(=O)N1CCCC1. The van der Waals surface area contributed by atoms with Crippen LogP contribution in [0.4, 0.5) is 0 Å². The van der Waals surface area contributed by atoms with E-state index in [0.29, 0.717) is 23.7 Å². The number of ether oxygens (including phenoxy) is 1. The average Bonchev–Trinajstić information content (AvgIpc) is 3.31. The zero-order chi connectivity index (χ0) is 19.6. The van der Waals surface area contributed by atoms with Gasteiger partial charge in [0.15, 0.2) is 10.6 Å². The first-order valence-electron chi connectivity index (χ1n) is 8.41. The van der Waals surface area contributed by atoms with Crippen molar-refractivity contribution in [2.75, 3.05) is 20.2 Å². The lowest BCUT2D eigenvalue weighted by Crippen LogP contribution is -2.29. The van der Waals surface area contributed by atoms with Gasteiger partial charge in [0, 0.05) is 25.7 Å². The summed E-state index contributed by atoms with van der Waals surface area (Å²) in [6.07, 6.45) is 1.65. The number of aromatic amines is 1. The van der Waals surface area contributed by atoms with E-state index in [4.69, 9.17) is 17.0 Å². The number of hydrogen-bond donors (Lipinski definition) is 2. The summed E-state index contributed by atoms with van der Waals surface area (Å²) < 4.78 is 34.5. The predicted octanol–water partition coefficient (Wildman–Crippen LogP) is 1.20. The third-order valence-corrected chi connectivity index (χ3v) is 6.77. The lowest BCUT2D eigenvalue weighted by atomic mass is 10.2. The van der Waals surface area contributed by atoms with Gasteiger partial charge in [0.1, 0.15) is 10.6 Å². The molecule has 1 aliphatic rings. The summed E-state index contributed by atoms with van der Waals surface area (Å²) >= 11 is 5.03. The summed E-state index contributed by atoms with van der Waals surface area (Å²) in [5.41, 5.74) is 0.227. The molecule has 1 aromatic heterocycles. The van der Waals surface area contributed by atoms with E-state index in [1.807, 2.05) is 0 Å². The van der Waals surface area contributed by atoms with Crippen molar-refractivity contribution in [3.05, 3.63) is 34.4 Å². The molecule has 1 aliphatic heterocycles. The maximum Gasteiger partial charge on any atom is 0.251 e. The van der Waals surface area contributed by atoms with Crippen molar-refractivity contribution in [3.63, 3.8) is 0 Å². The number of benzene rings is 1. The van der Waals surface area contributed by atoms with Gasteiger partial charge in [-0.2, -0.15) is 9.40 Å². The Morgan fingerprint density at radius 2 is 2.07 bits per heavy atom. The van der Waals surface area contributed by atoms with Crippen LogP contribution in [0.15, 0.2) is 23.1 Å². The lowest BCUT2D eigenvalue weighted by molar-refractivity contribution is 0.0949. The number of aromatic nitrogens is 3. The highest BCUT2D eigenvalue weighted by molar-refractivity contribution is 7.89. The van der Waals surface area contributed by atoms with Crippen molar-refractivity contribution in [1.82, 2.24) is 24.4 Å². The molecule has 0 aliphatic carbocycles. The third kappa shape index (κ3) is 3.89. The van der Waals surface area contributed by atoms with Gasteiger partial charge in [0.05, 0.1) is 13.7 Å². The molecular weight excluding hydrogens is 390 g/mol. The second-order valence-electron chi connectivity index (χ2n) is 6.16. The van der Waals surface area contributed by atoms with E-state index in [2.05, 4.69) is 15.5 Å². The van der Waals surface area contributed by atoms with Gasteiger partial charge in [-0.1, -0.05) is 0 Å². The molecule has 9 nitrogen and oxygen atoms in total. The number of H-pyrrole nitrogens is 1. The Balaban J connectivity index is 1.85. The van der Waals surface area contributed by atoms with Gasteiger partial charge < -0.3 is 14.6 Å². The van der Waals surface area contributed by atoms with Gasteiger partial charge in [0.2, 0.25) is 10.0 Å². The zero-order valence-electron chi connectivity index (χ0n) is 15.1. The Kier molecular flexibility index (Phi) is 5.63. The predicted molar refractivity (Wildman–Crippen MR) is 101 cm³/mol. The van der Waals surface area contributed by atoms with Crippen molar-refractivity contribution < 1.29 is 17.9 Å². The third-order valence-electron chi connectivity index (χ3n) is 4.49. The summed E-state index contributed by atoms with van der Waals surface area (Å²) in [6, 6.07) is 4.37. The fourth-order valence-electron chi connectivity index (χ4n) is 2.89. The molecule has 3 rings (SSSR count). The fourth-order valence-corrected chi connectivity index (χ4v) is 4.74. The highest BCUT2D eigenvalue weighted by Gasteiger charge is 2.30. The van der Waals surface area contributed by atoms with Crippen LogP contribution in [0, 0.1) is 4.77 Å². The Morgan fingerprint density at radius 1 is 1.37 bits per heavy atom. The van der Waals surface area contributed by atoms with Crippen LogP contribution in [0.1, 0.15) is 29.0 Å². The minimum atomic E-state index is -3.71. The Hall–Kier alpha value is -2.24. The molecule has 0 unspecified atom stereocenters. The van der Waals surface area contributed by atoms with E-state index < -0.39 is 15.9 Å². The maximum absolute atomic E-state index is 12.9. The zero-order valence-corrected chi connectivity index (χ0v) is 16.7. The number of nitrogens with one attached hydrogen (secondary N) is 2. The van der Waals surface area contributed by atoms with Crippen LogP contribution in [-0.4, -0.2) is 53.6 Å². The number of nitrogens with zero attached hydrogens (tertiary/aromatic N) is 3. The molecular formula is C16H21N5O4S2. The van der Waals surface area contributed by atoms with Crippen LogP contribution in [0.3, 0.4) is 0 Å². The van der Waals surface area contributed by atoms with Crippen LogP contribution in [-0.2, 0) is 23.6 Å². The first-order chi connectivity index (χ1) is 12.8. The van der Waals surface area contributed by atoms with E-state index in [9.17, 15) is 13.2 Å². The Bertz CT molecular complexity index is 1010. The van der Waals surface area contributed by atoms with Crippen LogP contribution in [0.5, 0.6) is 5.75 Å². The van der Waals surface area contributed by atoms with Crippen molar-refractivity contribution >= 4 is 28.1 Å². The molecule has 1 fully saturated rings. The number of sulfonamides is 1. The second-order valence-corrected chi connectivity index (χ2v) is 8.46. The Labute approximate surface area is 162 Å². The van der Waals surface area contributed by atoms with Gasteiger partial charge in [-0.15, -0.1) is 0 Å². The molecule has 2 heterocycles. The quantitative estimate of drug-likeness (QED) is 0.692. The average molecular weight is 412 g/mol. The minimum Gasteiger partial charge on any atom is -0.495 e. The van der Waals surface area contributed by atoms with Gasteiger partial charge >= 0.3 is 0 Å². The Morgan fingerprint density at radius 3 is 2.67 bits per heavy atom. The molecule has 1 aromatic carbocycles. The van der Waals surface area contributed by atoms with E-state index >= 15 is 0 Å². The topological polar surface area (TPSA) is 109 Å². The molecule has 2 N–H and O–H groups in total. The van der Waals surface area contributed by atoms with E-state index in [-0.39, 0.29) is 22.8 Å². The molecule has 11 heteroatoms. The van der Waals surface area contributed by atoms with Crippen molar-refractivity contribution in [3.8, 4) is 5.75 Å². The molecule has 0 spiro atoms. The lowest BCUT2D eigenvalue weighted by Gasteiger charge is -2.18. The number of carbonyl (C=O) groups is 1. The molecule has 0 saturated carbocycles. The number of hydrogen-bond acceptors (Lipinski definition) is 6. The number of rotatable bonds is 6. The molecule has 27 heavy (non-hydrogen) atoms. The summed E-state index contributed by atoms with van der Waals surface area (Å²) in [4.78, 5) is 12.5. The van der Waals surface area contributed by atoms with Gasteiger partial charge in [-0.3, -0.25) is 9.89 Å². The van der Waals surface area contributed by atoms with Gasteiger partial charge in [0.25, 0.3) is 5.91 Å². The highest BCUT2D eigenvalue weighted by Crippen LogP contribution is 2.29. The molecule has 146 valence electrons. The van der Waals surface area contributed by atoms with Gasteiger partial charge in [-0.25, -0.2) is 8.42 Å². The van der Waals surface area contributed by atoms with Crippen LogP contribution >= 0.6 is 12.2 Å². The standard InChI is InChI=1S/C16H21N5O4S2/c1-20-14(18-19-16(20)26)10-17-15(22)11-5-6-12(25-2)13(9-11)27(23,24)21-7-3-4-8-21/h5-6,9H,3-4,7-8,10H2,1-2H3,(H,17,22)(H,19,26). The molecule has 0 atom stereocenters. The fraction of sp³-hybridized carbons (Fsp3) is 0.438. The van der Waals surface area contributed by atoms with Crippen LogP contribution in [0.2, 0.25) is 0 Å². The maximum atomic E-state index is 12.9. The van der Waals surface area contributed by atoms with Gasteiger partial charge in [-0.05, 0) is 43.3 Å². The summed E-state index contributed by atoms with van der Waals surface area (Å²) in [5, 5.41) is 9.38. The van der Waals surface area contributed by atoms with Crippen molar-refractivity contribution in [2.24, 2.45) is 7.05 Å². The number of methoxy groups -OCH3 is 1. The summed E-state index contributed by atoms with van der Waals surface area (Å²) in [6.45, 7) is 1.10. The molecule has 0 radical (unpaired) electrons. The molecule has 1 amide bonds. The molecule has 0 bridgehead atoms. The van der Waals surface area contributed by atoms with E-state index in [0.717, 1.165) is 12.8 Å². The first kappa shape index (κ1) is 19.5. The monoisotopic (exact) mass is 411 g/mol. The summed E-state index contributed by atoms with van der Waals surface area (Å²) in [5.74, 6) is 0.365. The van der Waals surface area contributed by atoms with Crippen molar-refractivity contribution in [2.45, 2.75) is 24.3 Å². The van der Waals surface area contributed by atoms with Crippen LogP contribution in [0.25, 0.3) is 0 Å². The normalized spacial score (nSPS) is 15.0. The van der Waals surface area contributed by atoms with E-state index in [1.54, 1.807) is 11.6 Å². The second kappa shape index (κ2) is 7.79. The largest absolute Gasteiger partial charge is 0.495 e. The number of carbonyl (C=O) groups excluding carboxylic acids is 1. The van der Waals surface area contributed by atoms with E-state index in [1.165, 1.54) is 29.6 Å². The number of amides is 1. The minimum absolute atomic E-state index is 0.00211. The first-order valence-corrected chi connectivity index (χ1v) is 10.3. The van der Waals surface area contributed by atoms with Crippen LogP contribution < -0.4 is 10.1 Å². The molecule has 1 saturated heterocycles. The summed E-state index contributed by atoms with van der Waals surface area (Å²) in [7, 11) is -0.573. The molecule has 2 aromatic rings. The van der Waals surface area contributed by atoms with Crippen molar-refractivity contribution in [1.29, 1.82) is 0 Å².